The lowest BCUT2D eigenvalue weighted by molar-refractivity contribution is 0.102. The molecule has 0 unspecified atom stereocenters. The summed E-state index contributed by atoms with van der Waals surface area (Å²) in [4.78, 5) is 16.4. The molecule has 5 nitrogen and oxygen atoms in total. The molecule has 0 aliphatic carbocycles. The fourth-order valence-corrected chi connectivity index (χ4v) is 2.37. The van der Waals surface area contributed by atoms with Crippen LogP contribution in [0.2, 0.25) is 0 Å². The minimum Gasteiger partial charge on any atom is -0.306 e. The van der Waals surface area contributed by atoms with E-state index in [-0.39, 0.29) is 5.91 Å². The van der Waals surface area contributed by atoms with Crippen molar-refractivity contribution >= 4 is 27.7 Å². The smallest absolute Gasteiger partial charge is 0.260 e. The number of aromatic nitrogens is 3. The highest BCUT2D eigenvalue weighted by Crippen LogP contribution is 2.18. The first-order valence-electron chi connectivity index (χ1n) is 6.78. The van der Waals surface area contributed by atoms with Crippen LogP contribution in [0.25, 0.3) is 5.69 Å². The van der Waals surface area contributed by atoms with Crippen LogP contribution in [0.15, 0.2) is 53.3 Å². The Hall–Kier alpha value is -2.54. The zero-order chi connectivity index (χ0) is 16.4. The predicted octanol–water partition coefficient (Wildman–Crippen LogP) is 3.73. The van der Waals surface area contributed by atoms with E-state index in [1.54, 1.807) is 43.5 Å². The first-order chi connectivity index (χ1) is 11.1. The van der Waals surface area contributed by atoms with E-state index in [1.807, 2.05) is 0 Å². The van der Waals surface area contributed by atoms with Crippen molar-refractivity contribution in [2.24, 2.45) is 0 Å². The van der Waals surface area contributed by atoms with Crippen LogP contribution in [0, 0.1) is 12.7 Å². The summed E-state index contributed by atoms with van der Waals surface area (Å²) in [6, 6.07) is 9.72. The maximum Gasteiger partial charge on any atom is 0.260 e. The van der Waals surface area contributed by atoms with Gasteiger partial charge in [-0.15, -0.1) is 0 Å². The molecule has 0 radical (unpaired) electrons. The highest BCUT2D eigenvalue weighted by Gasteiger charge is 2.17. The van der Waals surface area contributed by atoms with Crippen molar-refractivity contribution in [3.05, 3.63) is 70.3 Å². The molecule has 3 rings (SSSR count). The monoisotopic (exact) mass is 374 g/mol. The van der Waals surface area contributed by atoms with E-state index < -0.39 is 5.82 Å². The highest BCUT2D eigenvalue weighted by atomic mass is 79.9. The molecule has 7 heteroatoms. The van der Waals surface area contributed by atoms with Crippen LogP contribution in [0.1, 0.15) is 16.1 Å². The van der Waals surface area contributed by atoms with Gasteiger partial charge in [0.05, 0.1) is 17.5 Å². The second-order valence-electron chi connectivity index (χ2n) is 4.82. The van der Waals surface area contributed by atoms with Crippen LogP contribution in [0.3, 0.4) is 0 Å². The molecule has 0 saturated carbocycles. The van der Waals surface area contributed by atoms with Crippen LogP contribution in [-0.4, -0.2) is 20.7 Å². The van der Waals surface area contributed by atoms with Gasteiger partial charge in [-0.25, -0.2) is 14.1 Å². The molecule has 0 saturated heterocycles. The minimum atomic E-state index is -0.403. The SMILES string of the molecule is Cc1c(C(=O)Nc2ccc(Br)cn2)cnn1-c1ccccc1F. The highest BCUT2D eigenvalue weighted by molar-refractivity contribution is 9.10. The molecule has 1 aromatic carbocycles. The molecule has 3 aromatic rings. The lowest BCUT2D eigenvalue weighted by Gasteiger charge is -2.07. The van der Waals surface area contributed by atoms with Crippen LogP contribution >= 0.6 is 15.9 Å². The Labute approximate surface area is 140 Å². The number of anilines is 1. The molecular weight excluding hydrogens is 363 g/mol. The van der Waals surface area contributed by atoms with E-state index in [0.29, 0.717) is 22.8 Å². The zero-order valence-electron chi connectivity index (χ0n) is 12.1. The van der Waals surface area contributed by atoms with Gasteiger partial charge in [0.1, 0.15) is 17.3 Å². The molecule has 0 aliphatic heterocycles. The van der Waals surface area contributed by atoms with Gasteiger partial charge < -0.3 is 5.32 Å². The quantitative estimate of drug-likeness (QED) is 0.759. The maximum absolute atomic E-state index is 13.9. The van der Waals surface area contributed by atoms with Crippen molar-refractivity contribution in [3.8, 4) is 5.69 Å². The number of nitrogens with one attached hydrogen (secondary N) is 1. The molecule has 0 bridgehead atoms. The number of benzene rings is 1. The lowest BCUT2D eigenvalue weighted by Crippen LogP contribution is -2.14. The summed E-state index contributed by atoms with van der Waals surface area (Å²) in [7, 11) is 0. The van der Waals surface area contributed by atoms with Crippen molar-refractivity contribution in [3.63, 3.8) is 0 Å². The predicted molar refractivity (Wildman–Crippen MR) is 88.1 cm³/mol. The number of carbonyl (C=O) groups is 1. The Morgan fingerprint density at radius 3 is 2.70 bits per heavy atom. The van der Waals surface area contributed by atoms with Gasteiger partial charge in [0.25, 0.3) is 5.91 Å². The van der Waals surface area contributed by atoms with E-state index in [2.05, 4.69) is 31.3 Å². The van der Waals surface area contributed by atoms with Gasteiger partial charge in [0, 0.05) is 10.7 Å². The molecule has 2 heterocycles. The van der Waals surface area contributed by atoms with Crippen molar-refractivity contribution in [1.82, 2.24) is 14.8 Å². The van der Waals surface area contributed by atoms with Crippen molar-refractivity contribution in [2.45, 2.75) is 6.92 Å². The van der Waals surface area contributed by atoms with Gasteiger partial charge in [-0.05, 0) is 47.1 Å². The van der Waals surface area contributed by atoms with Crippen molar-refractivity contribution in [2.75, 3.05) is 5.32 Å². The van der Waals surface area contributed by atoms with E-state index in [0.717, 1.165) is 4.47 Å². The van der Waals surface area contributed by atoms with Crippen molar-refractivity contribution < 1.29 is 9.18 Å². The Bertz CT molecular complexity index is 861. The molecule has 23 heavy (non-hydrogen) atoms. The largest absolute Gasteiger partial charge is 0.306 e. The van der Waals surface area contributed by atoms with Crippen LogP contribution in [0.5, 0.6) is 0 Å². The van der Waals surface area contributed by atoms with E-state index in [1.165, 1.54) is 16.9 Å². The van der Waals surface area contributed by atoms with Gasteiger partial charge in [0.15, 0.2) is 0 Å². The molecule has 2 aromatic heterocycles. The van der Waals surface area contributed by atoms with Crippen LogP contribution in [-0.2, 0) is 0 Å². The number of nitrogens with zero attached hydrogens (tertiary/aromatic N) is 3. The Morgan fingerprint density at radius 2 is 2.00 bits per heavy atom. The van der Waals surface area contributed by atoms with Gasteiger partial charge in [-0.3, -0.25) is 4.79 Å². The Morgan fingerprint density at radius 1 is 1.22 bits per heavy atom. The Balaban J connectivity index is 1.88. The van der Waals surface area contributed by atoms with Gasteiger partial charge in [-0.2, -0.15) is 5.10 Å². The third-order valence-corrected chi connectivity index (χ3v) is 3.77. The summed E-state index contributed by atoms with van der Waals surface area (Å²) in [6.45, 7) is 1.71. The third kappa shape index (κ3) is 3.14. The molecule has 1 amide bonds. The summed E-state index contributed by atoms with van der Waals surface area (Å²) in [5.41, 5.74) is 1.20. The van der Waals surface area contributed by atoms with E-state index in [9.17, 15) is 9.18 Å². The Kier molecular flexibility index (Phi) is 4.20. The summed E-state index contributed by atoms with van der Waals surface area (Å²) >= 11 is 3.28. The second-order valence-corrected chi connectivity index (χ2v) is 5.74. The zero-order valence-corrected chi connectivity index (χ0v) is 13.7. The van der Waals surface area contributed by atoms with Crippen LogP contribution in [0.4, 0.5) is 10.2 Å². The molecule has 0 fully saturated rings. The number of amides is 1. The summed E-state index contributed by atoms with van der Waals surface area (Å²) in [5.74, 6) is -0.323. The minimum absolute atomic E-state index is 0.297. The average molecular weight is 375 g/mol. The molecular formula is C16H12BrFN4O. The molecule has 1 N–H and O–H groups in total. The number of carbonyl (C=O) groups excluding carboxylic acids is 1. The fraction of sp³-hybridized carbons (Fsp3) is 0.0625. The first kappa shape index (κ1) is 15.4. The average Bonchev–Trinajstić information content (AvgIpc) is 2.92. The number of hydrogen-bond donors (Lipinski definition) is 1. The summed E-state index contributed by atoms with van der Waals surface area (Å²) < 4.78 is 16.1. The van der Waals surface area contributed by atoms with Crippen molar-refractivity contribution in [1.29, 1.82) is 0 Å². The molecule has 0 aliphatic rings. The summed E-state index contributed by atoms with van der Waals surface area (Å²) in [5, 5.41) is 6.80. The van der Waals surface area contributed by atoms with Crippen LogP contribution < -0.4 is 5.32 Å². The van der Waals surface area contributed by atoms with E-state index >= 15 is 0 Å². The standard InChI is InChI=1S/C16H12BrFN4O/c1-10-12(16(23)21-15-7-6-11(17)8-19-15)9-20-22(10)14-5-3-2-4-13(14)18/h2-9H,1H3,(H,19,21,23). The normalized spacial score (nSPS) is 10.6. The summed E-state index contributed by atoms with van der Waals surface area (Å²) in [6.07, 6.45) is 3.00. The third-order valence-electron chi connectivity index (χ3n) is 3.30. The number of pyridine rings is 1. The van der Waals surface area contributed by atoms with Gasteiger partial charge in [-0.1, -0.05) is 12.1 Å². The second kappa shape index (κ2) is 6.29. The molecule has 0 spiro atoms. The number of para-hydroxylation sites is 1. The molecule has 116 valence electrons. The number of rotatable bonds is 3. The van der Waals surface area contributed by atoms with Gasteiger partial charge in [0.2, 0.25) is 0 Å². The van der Waals surface area contributed by atoms with E-state index in [4.69, 9.17) is 0 Å². The topological polar surface area (TPSA) is 59.8 Å². The maximum atomic E-state index is 13.9. The van der Waals surface area contributed by atoms with Gasteiger partial charge >= 0.3 is 0 Å². The number of hydrogen-bond acceptors (Lipinski definition) is 3. The number of halogens is 2. The molecule has 0 atom stereocenters. The lowest BCUT2D eigenvalue weighted by atomic mass is 10.2. The fourth-order valence-electron chi connectivity index (χ4n) is 2.13. The first-order valence-corrected chi connectivity index (χ1v) is 7.58.